The van der Waals surface area contributed by atoms with Crippen molar-refractivity contribution in [1.82, 2.24) is 10.3 Å². The molecule has 1 aliphatic heterocycles. The van der Waals surface area contributed by atoms with Gasteiger partial charge in [-0.15, -0.1) is 0 Å². The van der Waals surface area contributed by atoms with E-state index in [2.05, 4.69) is 10.3 Å². The summed E-state index contributed by atoms with van der Waals surface area (Å²) in [5, 5.41) is 3.86. The van der Waals surface area contributed by atoms with Gasteiger partial charge in [0, 0.05) is 23.6 Å². The molecule has 1 amide bonds. The molecule has 1 aromatic heterocycles. The first-order valence-electron chi connectivity index (χ1n) is 9.63. The number of nitrogens with one attached hydrogen (secondary N) is 2. The van der Waals surface area contributed by atoms with Crippen LogP contribution in [0.1, 0.15) is 17.5 Å². The standard InChI is InChI=1S/C23H22N2O5/c1-28-18-5-6-20-19(12-18)16(13-25-20)8-9-24-23(27)11-17(26)4-2-15-3-7-21-22(10-15)30-14-29-21/h2-7,10,12-13,25H,8-9,11,14H2,1H3,(H,24,27)/b4-2+. The maximum atomic E-state index is 12.1. The first-order chi connectivity index (χ1) is 14.6. The number of ketones is 1. The number of carbonyl (C=O) groups excluding carboxylic acids is 2. The van der Waals surface area contributed by atoms with Gasteiger partial charge in [-0.3, -0.25) is 9.59 Å². The van der Waals surface area contributed by atoms with E-state index in [-0.39, 0.29) is 24.9 Å². The Morgan fingerprint density at radius 2 is 2.03 bits per heavy atom. The summed E-state index contributed by atoms with van der Waals surface area (Å²) in [5.41, 5.74) is 2.90. The van der Waals surface area contributed by atoms with Gasteiger partial charge in [-0.1, -0.05) is 12.1 Å². The number of rotatable bonds is 8. The zero-order valence-electron chi connectivity index (χ0n) is 16.6. The topological polar surface area (TPSA) is 89.7 Å². The number of aromatic amines is 1. The third kappa shape index (κ3) is 4.46. The van der Waals surface area contributed by atoms with Crippen LogP contribution >= 0.6 is 0 Å². The molecule has 1 aliphatic rings. The van der Waals surface area contributed by atoms with E-state index in [4.69, 9.17) is 14.2 Å². The quantitative estimate of drug-likeness (QED) is 0.443. The van der Waals surface area contributed by atoms with E-state index in [1.807, 2.05) is 30.5 Å². The van der Waals surface area contributed by atoms with Crippen LogP contribution in [0.25, 0.3) is 17.0 Å². The normalized spacial score (nSPS) is 12.4. The summed E-state index contributed by atoms with van der Waals surface area (Å²) in [4.78, 5) is 27.4. The Kier molecular flexibility index (Phi) is 5.70. The Hall–Kier alpha value is -3.74. The predicted octanol–water partition coefficient (Wildman–Crippen LogP) is 3.24. The Morgan fingerprint density at radius 3 is 2.90 bits per heavy atom. The van der Waals surface area contributed by atoms with Gasteiger partial charge >= 0.3 is 0 Å². The Labute approximate surface area is 173 Å². The second-order valence-corrected chi connectivity index (χ2v) is 6.91. The minimum absolute atomic E-state index is 0.192. The molecule has 2 aromatic carbocycles. The van der Waals surface area contributed by atoms with Crippen molar-refractivity contribution < 1.29 is 23.8 Å². The van der Waals surface area contributed by atoms with E-state index in [9.17, 15) is 9.59 Å². The number of allylic oxidation sites excluding steroid dienone is 1. The van der Waals surface area contributed by atoms with Crippen LogP contribution in [0.3, 0.4) is 0 Å². The lowest BCUT2D eigenvalue weighted by atomic mass is 10.1. The number of amides is 1. The molecule has 0 radical (unpaired) electrons. The van der Waals surface area contributed by atoms with Gasteiger partial charge in [-0.25, -0.2) is 0 Å². The van der Waals surface area contributed by atoms with Gasteiger partial charge in [-0.05, 0) is 54.0 Å². The minimum atomic E-state index is -0.298. The van der Waals surface area contributed by atoms with E-state index >= 15 is 0 Å². The van der Waals surface area contributed by atoms with Crippen molar-refractivity contribution >= 4 is 28.7 Å². The van der Waals surface area contributed by atoms with E-state index in [1.165, 1.54) is 6.08 Å². The van der Waals surface area contributed by atoms with Crippen LogP contribution in [0.2, 0.25) is 0 Å². The summed E-state index contributed by atoms with van der Waals surface area (Å²) in [6, 6.07) is 11.2. The lowest BCUT2D eigenvalue weighted by Crippen LogP contribution is -2.27. The van der Waals surface area contributed by atoms with Gasteiger partial charge in [0.15, 0.2) is 17.3 Å². The largest absolute Gasteiger partial charge is 0.497 e. The summed E-state index contributed by atoms with van der Waals surface area (Å²) in [6.07, 6.45) is 5.46. The van der Waals surface area contributed by atoms with Gasteiger partial charge < -0.3 is 24.5 Å². The van der Waals surface area contributed by atoms with Crippen molar-refractivity contribution in [3.63, 3.8) is 0 Å². The van der Waals surface area contributed by atoms with Gasteiger partial charge in [0.25, 0.3) is 0 Å². The van der Waals surface area contributed by atoms with Crippen LogP contribution in [-0.4, -0.2) is 37.1 Å². The molecule has 0 saturated carbocycles. The molecular weight excluding hydrogens is 384 g/mol. The highest BCUT2D eigenvalue weighted by Gasteiger charge is 2.13. The SMILES string of the molecule is COc1ccc2[nH]cc(CCNC(=O)CC(=O)/C=C/c3ccc4c(c3)OCO4)c2c1. The van der Waals surface area contributed by atoms with Crippen LogP contribution in [-0.2, 0) is 16.0 Å². The number of hydrogen-bond acceptors (Lipinski definition) is 5. The monoisotopic (exact) mass is 406 g/mol. The molecule has 0 fully saturated rings. The molecule has 0 atom stereocenters. The molecule has 0 bridgehead atoms. The maximum Gasteiger partial charge on any atom is 0.231 e. The molecule has 7 nitrogen and oxygen atoms in total. The number of fused-ring (bicyclic) bond motifs is 2. The summed E-state index contributed by atoms with van der Waals surface area (Å²) < 4.78 is 15.8. The lowest BCUT2D eigenvalue weighted by molar-refractivity contribution is -0.126. The molecule has 2 heterocycles. The zero-order valence-corrected chi connectivity index (χ0v) is 16.6. The summed E-state index contributed by atoms with van der Waals surface area (Å²) in [5.74, 6) is 1.56. The van der Waals surface area contributed by atoms with Crippen molar-refractivity contribution in [3.8, 4) is 17.2 Å². The predicted molar refractivity (Wildman–Crippen MR) is 113 cm³/mol. The molecule has 4 rings (SSSR count). The smallest absolute Gasteiger partial charge is 0.231 e. The third-order valence-corrected chi connectivity index (χ3v) is 4.88. The highest BCUT2D eigenvalue weighted by atomic mass is 16.7. The fourth-order valence-corrected chi connectivity index (χ4v) is 3.31. The number of methoxy groups -OCH3 is 1. The number of ether oxygens (including phenoxy) is 3. The third-order valence-electron chi connectivity index (χ3n) is 4.88. The first-order valence-corrected chi connectivity index (χ1v) is 9.63. The highest BCUT2D eigenvalue weighted by Crippen LogP contribution is 2.32. The summed E-state index contributed by atoms with van der Waals surface area (Å²) >= 11 is 0. The molecule has 7 heteroatoms. The van der Waals surface area contributed by atoms with Crippen LogP contribution in [0.5, 0.6) is 17.2 Å². The number of aromatic nitrogens is 1. The van der Waals surface area contributed by atoms with Crippen molar-refractivity contribution in [1.29, 1.82) is 0 Å². The van der Waals surface area contributed by atoms with Gasteiger partial charge in [0.05, 0.1) is 13.5 Å². The number of H-pyrrole nitrogens is 1. The number of hydrogen-bond donors (Lipinski definition) is 2. The van der Waals surface area contributed by atoms with Crippen LogP contribution in [0.15, 0.2) is 48.7 Å². The first kappa shape index (κ1) is 19.6. The van der Waals surface area contributed by atoms with E-state index < -0.39 is 0 Å². The van der Waals surface area contributed by atoms with Crippen LogP contribution in [0.4, 0.5) is 0 Å². The van der Waals surface area contributed by atoms with Gasteiger partial charge in [-0.2, -0.15) is 0 Å². The van der Waals surface area contributed by atoms with E-state index in [0.717, 1.165) is 27.8 Å². The molecule has 0 saturated heterocycles. The maximum absolute atomic E-state index is 12.1. The fourth-order valence-electron chi connectivity index (χ4n) is 3.31. The minimum Gasteiger partial charge on any atom is -0.497 e. The van der Waals surface area contributed by atoms with E-state index in [1.54, 1.807) is 25.3 Å². The van der Waals surface area contributed by atoms with Crippen molar-refractivity contribution in [2.24, 2.45) is 0 Å². The Morgan fingerprint density at radius 1 is 1.17 bits per heavy atom. The molecule has 154 valence electrons. The summed E-state index contributed by atoms with van der Waals surface area (Å²) in [6.45, 7) is 0.649. The average molecular weight is 406 g/mol. The van der Waals surface area contributed by atoms with Crippen LogP contribution in [0, 0.1) is 0 Å². The molecule has 0 unspecified atom stereocenters. The molecule has 2 N–H and O–H groups in total. The molecule has 30 heavy (non-hydrogen) atoms. The molecule has 0 spiro atoms. The Bertz CT molecular complexity index is 1120. The van der Waals surface area contributed by atoms with Gasteiger partial charge in [0.2, 0.25) is 12.7 Å². The lowest BCUT2D eigenvalue weighted by Gasteiger charge is -2.04. The molecule has 3 aromatic rings. The van der Waals surface area contributed by atoms with Crippen molar-refractivity contribution in [3.05, 3.63) is 59.8 Å². The second-order valence-electron chi connectivity index (χ2n) is 6.91. The van der Waals surface area contributed by atoms with E-state index in [0.29, 0.717) is 24.5 Å². The molecular formula is C23H22N2O5. The fraction of sp³-hybridized carbons (Fsp3) is 0.217. The number of benzene rings is 2. The highest BCUT2D eigenvalue weighted by molar-refractivity contribution is 6.05. The average Bonchev–Trinajstić information content (AvgIpc) is 3.38. The van der Waals surface area contributed by atoms with Crippen molar-refractivity contribution in [2.75, 3.05) is 20.4 Å². The van der Waals surface area contributed by atoms with Gasteiger partial charge in [0.1, 0.15) is 5.75 Å². The summed E-state index contributed by atoms with van der Waals surface area (Å²) in [7, 11) is 1.63. The molecule has 0 aliphatic carbocycles. The van der Waals surface area contributed by atoms with Crippen molar-refractivity contribution in [2.45, 2.75) is 12.8 Å². The van der Waals surface area contributed by atoms with Crippen LogP contribution < -0.4 is 19.5 Å². The zero-order chi connectivity index (χ0) is 20.9. The Balaban J connectivity index is 1.26. The number of carbonyl (C=O) groups is 2. The second kappa shape index (κ2) is 8.73.